The van der Waals surface area contributed by atoms with Crippen LogP contribution >= 0.6 is 23.2 Å². The molecule has 3 heterocycles. The molecule has 4 rings (SSSR count). The standard InChI is InChI=1S/C18H18Cl2N2O5/c1-2-10(26-13-7-8(19)3-4-9(13)20)16(23)21-22-17(24)14-11-5-6-12(27-11)15(14)18(22)25/h3-4,7,10-12,14-15H,2,5-6H2,1H3,(H,21,23). The Morgan fingerprint density at radius 2 is 1.89 bits per heavy atom. The first kappa shape index (κ1) is 18.5. The summed E-state index contributed by atoms with van der Waals surface area (Å²) >= 11 is 12.0. The van der Waals surface area contributed by atoms with E-state index in [0.717, 1.165) is 17.9 Å². The van der Waals surface area contributed by atoms with Gasteiger partial charge in [0.2, 0.25) is 0 Å². The van der Waals surface area contributed by atoms with E-state index in [-0.39, 0.29) is 18.0 Å². The molecule has 144 valence electrons. The number of benzene rings is 1. The summed E-state index contributed by atoms with van der Waals surface area (Å²) in [7, 11) is 0. The number of imide groups is 1. The Morgan fingerprint density at radius 1 is 1.26 bits per heavy atom. The lowest BCUT2D eigenvalue weighted by atomic mass is 9.81. The molecule has 0 spiro atoms. The van der Waals surface area contributed by atoms with Crippen molar-refractivity contribution in [3.63, 3.8) is 0 Å². The average Bonchev–Trinajstić information content (AvgIpc) is 3.32. The zero-order chi connectivity index (χ0) is 19.3. The Hall–Kier alpha value is -1.83. The molecule has 3 aliphatic rings. The zero-order valence-corrected chi connectivity index (χ0v) is 16.0. The maximum Gasteiger partial charge on any atom is 0.279 e. The van der Waals surface area contributed by atoms with E-state index in [4.69, 9.17) is 32.7 Å². The van der Waals surface area contributed by atoms with E-state index >= 15 is 0 Å². The molecule has 2 bridgehead atoms. The number of nitrogens with zero attached hydrogens (tertiary/aromatic N) is 1. The molecule has 5 atom stereocenters. The van der Waals surface area contributed by atoms with Crippen LogP contribution in [0.2, 0.25) is 10.0 Å². The Balaban J connectivity index is 1.47. The van der Waals surface area contributed by atoms with Gasteiger partial charge in [-0.15, -0.1) is 0 Å². The smallest absolute Gasteiger partial charge is 0.279 e. The van der Waals surface area contributed by atoms with Crippen molar-refractivity contribution < 1.29 is 23.9 Å². The molecule has 27 heavy (non-hydrogen) atoms. The van der Waals surface area contributed by atoms with Gasteiger partial charge in [-0.3, -0.25) is 19.8 Å². The van der Waals surface area contributed by atoms with E-state index < -0.39 is 35.7 Å². The number of fused-ring (bicyclic) bond motifs is 5. The fourth-order valence-corrected chi connectivity index (χ4v) is 4.37. The quantitative estimate of drug-likeness (QED) is 0.750. The molecular formula is C18H18Cl2N2O5. The van der Waals surface area contributed by atoms with Crippen molar-refractivity contribution in [2.75, 3.05) is 0 Å². The fraction of sp³-hybridized carbons (Fsp3) is 0.500. The summed E-state index contributed by atoms with van der Waals surface area (Å²) in [5, 5.41) is 1.55. The van der Waals surface area contributed by atoms with Crippen molar-refractivity contribution in [1.82, 2.24) is 10.4 Å². The van der Waals surface area contributed by atoms with Gasteiger partial charge in [-0.25, -0.2) is 0 Å². The highest BCUT2D eigenvalue weighted by atomic mass is 35.5. The first-order valence-corrected chi connectivity index (χ1v) is 9.61. The van der Waals surface area contributed by atoms with Gasteiger partial charge in [0.15, 0.2) is 6.10 Å². The summed E-state index contributed by atoms with van der Waals surface area (Å²) < 4.78 is 11.3. The van der Waals surface area contributed by atoms with Crippen LogP contribution in [-0.2, 0) is 19.1 Å². The molecule has 3 aliphatic heterocycles. The second-order valence-corrected chi connectivity index (χ2v) is 7.76. The normalized spacial score (nSPS) is 29.8. The lowest BCUT2D eigenvalue weighted by molar-refractivity contribution is -0.153. The SMILES string of the molecule is CCC(Oc1cc(Cl)ccc1Cl)C(=O)NN1C(=O)C2C3CCC(O3)C2C1=O. The van der Waals surface area contributed by atoms with Gasteiger partial charge in [-0.05, 0) is 31.4 Å². The van der Waals surface area contributed by atoms with Gasteiger partial charge in [0.05, 0.1) is 29.1 Å². The van der Waals surface area contributed by atoms with E-state index in [1.54, 1.807) is 19.1 Å². The highest BCUT2D eigenvalue weighted by Gasteiger charge is 2.63. The molecule has 3 amide bonds. The molecule has 3 saturated heterocycles. The Bertz CT molecular complexity index is 789. The van der Waals surface area contributed by atoms with Crippen LogP contribution in [0.15, 0.2) is 18.2 Å². The van der Waals surface area contributed by atoms with E-state index in [1.165, 1.54) is 6.07 Å². The van der Waals surface area contributed by atoms with E-state index in [0.29, 0.717) is 16.5 Å². The summed E-state index contributed by atoms with van der Waals surface area (Å²) in [6.45, 7) is 1.75. The van der Waals surface area contributed by atoms with Crippen LogP contribution in [0.4, 0.5) is 0 Å². The molecular weight excluding hydrogens is 395 g/mol. The maximum atomic E-state index is 12.6. The monoisotopic (exact) mass is 412 g/mol. The van der Waals surface area contributed by atoms with Gasteiger partial charge in [0.25, 0.3) is 17.7 Å². The molecule has 0 radical (unpaired) electrons. The first-order chi connectivity index (χ1) is 12.9. The fourth-order valence-electron chi connectivity index (χ4n) is 4.05. The third-order valence-corrected chi connectivity index (χ3v) is 5.88. The first-order valence-electron chi connectivity index (χ1n) is 8.86. The highest BCUT2D eigenvalue weighted by Crippen LogP contribution is 2.48. The van der Waals surface area contributed by atoms with Gasteiger partial charge in [-0.1, -0.05) is 30.1 Å². The van der Waals surface area contributed by atoms with Gasteiger partial charge < -0.3 is 9.47 Å². The number of carbonyl (C=O) groups excluding carboxylic acids is 3. The molecule has 5 unspecified atom stereocenters. The summed E-state index contributed by atoms with van der Waals surface area (Å²) in [6, 6.07) is 4.67. The van der Waals surface area contributed by atoms with E-state index in [2.05, 4.69) is 5.43 Å². The molecule has 0 aliphatic carbocycles. The number of hydrogen-bond acceptors (Lipinski definition) is 5. The number of hydrazine groups is 1. The predicted molar refractivity (Wildman–Crippen MR) is 96.0 cm³/mol. The lowest BCUT2D eigenvalue weighted by Gasteiger charge is -2.22. The van der Waals surface area contributed by atoms with Crippen LogP contribution in [-0.4, -0.2) is 41.0 Å². The largest absolute Gasteiger partial charge is 0.479 e. The summed E-state index contributed by atoms with van der Waals surface area (Å²) in [5.74, 6) is -2.17. The summed E-state index contributed by atoms with van der Waals surface area (Å²) in [4.78, 5) is 37.9. The molecule has 1 aromatic rings. The Morgan fingerprint density at radius 3 is 2.48 bits per heavy atom. The average molecular weight is 413 g/mol. The molecule has 1 aromatic carbocycles. The molecule has 7 nitrogen and oxygen atoms in total. The molecule has 1 N–H and O–H groups in total. The number of carbonyl (C=O) groups is 3. The van der Waals surface area contributed by atoms with Crippen LogP contribution in [0.5, 0.6) is 5.75 Å². The summed E-state index contributed by atoms with van der Waals surface area (Å²) in [5.41, 5.74) is 2.42. The van der Waals surface area contributed by atoms with Gasteiger partial charge >= 0.3 is 0 Å². The maximum absolute atomic E-state index is 12.6. The van der Waals surface area contributed by atoms with Gasteiger partial charge in [0.1, 0.15) is 5.75 Å². The number of rotatable bonds is 5. The minimum absolute atomic E-state index is 0.234. The zero-order valence-electron chi connectivity index (χ0n) is 14.5. The lowest BCUT2D eigenvalue weighted by Crippen LogP contribution is -2.52. The van der Waals surface area contributed by atoms with E-state index in [1.807, 2.05) is 0 Å². The Kier molecular flexibility index (Phi) is 4.78. The Labute approximate surface area is 165 Å². The predicted octanol–water partition coefficient (Wildman–Crippen LogP) is 2.34. The van der Waals surface area contributed by atoms with Crippen molar-refractivity contribution >= 4 is 40.9 Å². The van der Waals surface area contributed by atoms with Crippen LogP contribution in [0.1, 0.15) is 26.2 Å². The van der Waals surface area contributed by atoms with Crippen LogP contribution in [0.25, 0.3) is 0 Å². The second kappa shape index (κ2) is 6.96. The number of ether oxygens (including phenoxy) is 2. The van der Waals surface area contributed by atoms with Gasteiger partial charge in [0, 0.05) is 11.1 Å². The van der Waals surface area contributed by atoms with Crippen molar-refractivity contribution in [2.45, 2.75) is 44.5 Å². The number of hydrogen-bond donors (Lipinski definition) is 1. The minimum atomic E-state index is -0.935. The number of amides is 3. The van der Waals surface area contributed by atoms with Gasteiger partial charge in [-0.2, -0.15) is 5.01 Å². The van der Waals surface area contributed by atoms with Crippen molar-refractivity contribution in [1.29, 1.82) is 0 Å². The van der Waals surface area contributed by atoms with Crippen LogP contribution < -0.4 is 10.2 Å². The third-order valence-electron chi connectivity index (χ3n) is 5.33. The number of halogens is 2. The van der Waals surface area contributed by atoms with Crippen molar-refractivity contribution in [3.8, 4) is 5.75 Å². The molecule has 3 fully saturated rings. The van der Waals surface area contributed by atoms with Crippen LogP contribution in [0.3, 0.4) is 0 Å². The topological polar surface area (TPSA) is 84.9 Å². The van der Waals surface area contributed by atoms with Crippen LogP contribution in [0, 0.1) is 11.8 Å². The van der Waals surface area contributed by atoms with Crippen molar-refractivity contribution in [3.05, 3.63) is 28.2 Å². The van der Waals surface area contributed by atoms with Crippen molar-refractivity contribution in [2.24, 2.45) is 11.8 Å². The molecule has 0 saturated carbocycles. The minimum Gasteiger partial charge on any atom is -0.479 e. The molecule has 0 aromatic heterocycles. The highest BCUT2D eigenvalue weighted by molar-refractivity contribution is 6.34. The summed E-state index contributed by atoms with van der Waals surface area (Å²) in [6.07, 6.45) is 0.437. The third kappa shape index (κ3) is 3.07. The van der Waals surface area contributed by atoms with E-state index in [9.17, 15) is 14.4 Å². The number of nitrogens with one attached hydrogen (secondary N) is 1. The second-order valence-electron chi connectivity index (χ2n) is 6.92. The molecule has 9 heteroatoms.